The lowest BCUT2D eigenvalue weighted by molar-refractivity contribution is 0.761. The molecule has 2 aliphatic rings. The smallest absolute Gasteiger partial charge is 0.0710 e. The Balaban J connectivity index is 1.12. The van der Waals surface area contributed by atoms with Crippen LogP contribution in [0.3, 0.4) is 0 Å². The summed E-state index contributed by atoms with van der Waals surface area (Å²) in [5.74, 6) is 0. The molecule has 280 valence electrons. The maximum atomic E-state index is 5.33. The van der Waals surface area contributed by atoms with Gasteiger partial charge < -0.3 is 4.90 Å². The maximum Gasteiger partial charge on any atom is 0.0710 e. The number of allylic oxidation sites excluding steroid dienone is 9. The van der Waals surface area contributed by atoms with Gasteiger partial charge in [-0.05, 0) is 111 Å². The van der Waals surface area contributed by atoms with Gasteiger partial charge in [-0.1, -0.05) is 195 Å². The van der Waals surface area contributed by atoms with Crippen molar-refractivity contribution in [3.8, 4) is 11.1 Å². The van der Waals surface area contributed by atoms with Crippen molar-refractivity contribution in [2.24, 2.45) is 0 Å². The summed E-state index contributed by atoms with van der Waals surface area (Å²) in [4.78, 5) is 3.27. The Kier molecular flexibility index (Phi) is 10.3. The topological polar surface area (TPSA) is 3.24 Å². The molecule has 0 N–H and O–H groups in total. The van der Waals surface area contributed by atoms with E-state index in [0.29, 0.717) is 0 Å². The highest BCUT2D eigenvalue weighted by atomic mass is 32.1. The lowest BCUT2D eigenvalue weighted by Gasteiger charge is -2.35. The predicted octanol–water partition coefficient (Wildman–Crippen LogP) is 14.9. The molecule has 2 aliphatic carbocycles. The zero-order chi connectivity index (χ0) is 39.5. The van der Waals surface area contributed by atoms with Gasteiger partial charge in [0.15, 0.2) is 0 Å². The van der Waals surface area contributed by atoms with E-state index in [1.54, 1.807) is 0 Å². The molecule has 0 spiro atoms. The zero-order valence-corrected chi connectivity index (χ0v) is 33.6. The molecule has 0 saturated heterocycles. The first-order chi connectivity index (χ1) is 28.5. The number of hydrogen-bond acceptors (Lipinski definition) is 2. The van der Waals surface area contributed by atoms with Crippen LogP contribution in [0.5, 0.6) is 0 Å². The first-order valence-corrected chi connectivity index (χ1v) is 20.5. The van der Waals surface area contributed by atoms with Crippen molar-refractivity contribution < 1.29 is 0 Å². The number of nitrogens with zero attached hydrogens (tertiary/aromatic N) is 1. The molecule has 0 unspecified atom stereocenters. The zero-order valence-electron chi connectivity index (χ0n) is 32.7. The minimum Gasteiger partial charge on any atom is -0.313 e. The number of hydrogen-bond donors (Lipinski definition) is 1. The van der Waals surface area contributed by atoms with E-state index >= 15 is 0 Å². The molecule has 0 atom stereocenters. The summed E-state index contributed by atoms with van der Waals surface area (Å²) in [5, 5.41) is 0. The molecule has 2 heteroatoms. The van der Waals surface area contributed by atoms with Crippen LogP contribution in [0.4, 0.5) is 11.4 Å². The highest BCUT2D eigenvalue weighted by Gasteiger charge is 2.45. The normalized spacial score (nSPS) is 14.5. The van der Waals surface area contributed by atoms with Gasteiger partial charge in [0.25, 0.3) is 0 Å². The monoisotopic (exact) mass is 763 g/mol. The van der Waals surface area contributed by atoms with Gasteiger partial charge in [-0.2, -0.15) is 0 Å². The van der Waals surface area contributed by atoms with Crippen LogP contribution < -0.4 is 4.90 Å². The van der Waals surface area contributed by atoms with Crippen LogP contribution in [0.1, 0.15) is 53.1 Å². The third-order valence-electron chi connectivity index (χ3n) is 11.8. The molecule has 0 heterocycles. The third-order valence-corrected chi connectivity index (χ3v) is 12.3. The minimum absolute atomic E-state index is 0.478. The molecule has 0 bridgehead atoms. The van der Waals surface area contributed by atoms with Crippen molar-refractivity contribution in [1.82, 2.24) is 0 Å². The van der Waals surface area contributed by atoms with Gasteiger partial charge in [-0.25, -0.2) is 0 Å². The molecule has 0 saturated carbocycles. The van der Waals surface area contributed by atoms with E-state index in [4.69, 9.17) is 12.6 Å². The van der Waals surface area contributed by atoms with Gasteiger partial charge in [-0.3, -0.25) is 0 Å². The molecule has 58 heavy (non-hydrogen) atoms. The molecule has 7 aromatic carbocycles. The quantitative estimate of drug-likeness (QED) is 0.107. The highest BCUT2D eigenvalue weighted by Crippen LogP contribution is 2.55. The fraction of sp³-hybridized carbons (Fsp3) is 0.0714. The van der Waals surface area contributed by atoms with E-state index < -0.39 is 5.41 Å². The SMILES string of the molecule is C=C(/C=C\C1=C(C)c2ccccc2C1(c1ccccc1)c1ccccc1)c1cccc(N(C2=CC=C(c3ccccc3)CC2)c2ccc(-c3ccccc3)cc2)c1S. The van der Waals surface area contributed by atoms with Crippen molar-refractivity contribution in [2.75, 3.05) is 4.90 Å². The van der Waals surface area contributed by atoms with Crippen LogP contribution in [0, 0.1) is 0 Å². The number of benzene rings is 7. The molecular formula is C56H45NS. The van der Waals surface area contributed by atoms with Gasteiger partial charge >= 0.3 is 0 Å². The van der Waals surface area contributed by atoms with Crippen LogP contribution in [-0.4, -0.2) is 0 Å². The van der Waals surface area contributed by atoms with Crippen molar-refractivity contribution in [3.05, 3.63) is 264 Å². The second-order valence-corrected chi connectivity index (χ2v) is 15.5. The summed E-state index contributed by atoms with van der Waals surface area (Å²) in [6.45, 7) is 6.95. The second kappa shape index (κ2) is 16.1. The molecule has 0 aromatic heterocycles. The van der Waals surface area contributed by atoms with Gasteiger partial charge in [0.1, 0.15) is 0 Å². The van der Waals surface area contributed by atoms with Crippen molar-refractivity contribution in [3.63, 3.8) is 0 Å². The standard InChI is InChI=1S/C56H45NS/c1-40(30-39-52-41(2)51-26-15-16-28-53(51)56(52,46-22-11-5-12-23-46)47-24-13-6-14-25-47)50-27-17-29-54(55(50)58)57(48-35-31-44(32-36-48)42-18-7-3-8-19-42)49-37-33-45(34-38-49)43-20-9-4-10-21-43/h3-33,35-37,39,58H,1,34,38H2,2H3/b39-30-. The van der Waals surface area contributed by atoms with Crippen LogP contribution in [0.25, 0.3) is 27.8 Å². The van der Waals surface area contributed by atoms with E-state index in [-0.39, 0.29) is 0 Å². The fourth-order valence-electron chi connectivity index (χ4n) is 8.97. The molecule has 9 rings (SSSR count). The molecular weight excluding hydrogens is 719 g/mol. The lowest BCUT2D eigenvalue weighted by atomic mass is 9.66. The molecule has 0 aliphatic heterocycles. The number of fused-ring (bicyclic) bond motifs is 1. The average Bonchev–Trinajstić information content (AvgIpc) is 3.55. The Bertz CT molecular complexity index is 2680. The summed E-state index contributed by atoms with van der Waals surface area (Å²) in [7, 11) is 0. The summed E-state index contributed by atoms with van der Waals surface area (Å²) >= 11 is 5.33. The molecule has 7 aromatic rings. The van der Waals surface area contributed by atoms with Gasteiger partial charge in [-0.15, -0.1) is 12.6 Å². The van der Waals surface area contributed by atoms with Gasteiger partial charge in [0.2, 0.25) is 0 Å². The van der Waals surface area contributed by atoms with E-state index in [9.17, 15) is 0 Å². The summed E-state index contributed by atoms with van der Waals surface area (Å²) in [5.41, 5.74) is 17.4. The van der Waals surface area contributed by atoms with Crippen LogP contribution in [0.15, 0.2) is 235 Å². The average molecular weight is 764 g/mol. The molecule has 0 amide bonds. The van der Waals surface area contributed by atoms with E-state index in [1.807, 2.05) is 0 Å². The Labute approximate surface area is 348 Å². The first kappa shape index (κ1) is 37.0. The molecule has 1 nitrogen and oxygen atoms in total. The van der Waals surface area contributed by atoms with E-state index in [2.05, 4.69) is 231 Å². The van der Waals surface area contributed by atoms with Crippen molar-refractivity contribution in [2.45, 2.75) is 30.1 Å². The van der Waals surface area contributed by atoms with Crippen LogP contribution in [-0.2, 0) is 5.41 Å². The van der Waals surface area contributed by atoms with Crippen LogP contribution in [0.2, 0.25) is 0 Å². The Morgan fingerprint density at radius 1 is 0.586 bits per heavy atom. The fourth-order valence-corrected chi connectivity index (χ4v) is 9.36. The highest BCUT2D eigenvalue weighted by molar-refractivity contribution is 7.80. The van der Waals surface area contributed by atoms with Gasteiger partial charge in [0.05, 0.1) is 11.1 Å². The summed E-state index contributed by atoms with van der Waals surface area (Å²) < 4.78 is 0. The summed E-state index contributed by atoms with van der Waals surface area (Å²) in [6.07, 6.45) is 10.9. The molecule has 0 fully saturated rings. The predicted molar refractivity (Wildman–Crippen MR) is 249 cm³/mol. The third kappa shape index (κ3) is 6.70. The number of anilines is 2. The first-order valence-electron chi connectivity index (χ1n) is 20.1. The Hall–Kier alpha value is -6.61. The van der Waals surface area contributed by atoms with E-state index in [1.165, 1.54) is 61.4 Å². The van der Waals surface area contributed by atoms with Crippen molar-refractivity contribution in [1.29, 1.82) is 0 Å². The lowest BCUT2D eigenvalue weighted by Crippen LogP contribution is -2.29. The van der Waals surface area contributed by atoms with Crippen molar-refractivity contribution >= 4 is 40.7 Å². The Morgan fingerprint density at radius 3 is 1.78 bits per heavy atom. The Morgan fingerprint density at radius 2 is 1.16 bits per heavy atom. The molecule has 0 radical (unpaired) electrons. The largest absolute Gasteiger partial charge is 0.313 e. The van der Waals surface area contributed by atoms with Gasteiger partial charge in [0, 0.05) is 16.3 Å². The van der Waals surface area contributed by atoms with E-state index in [0.717, 1.165) is 40.2 Å². The minimum atomic E-state index is -0.478. The number of thiol groups is 1. The number of rotatable bonds is 10. The second-order valence-electron chi connectivity index (χ2n) is 15.1. The van der Waals surface area contributed by atoms with Crippen LogP contribution >= 0.6 is 12.6 Å². The summed E-state index contributed by atoms with van der Waals surface area (Å²) in [6, 6.07) is 67.3. The maximum absolute atomic E-state index is 5.33.